The number of anilines is 1. The highest BCUT2D eigenvalue weighted by Gasteiger charge is 2.29. The first-order chi connectivity index (χ1) is 18.7. The Kier molecular flexibility index (Phi) is 8.10. The van der Waals surface area contributed by atoms with Crippen molar-refractivity contribution in [1.82, 2.24) is 5.43 Å². The number of benzene rings is 2. The summed E-state index contributed by atoms with van der Waals surface area (Å²) in [4.78, 5) is 61.5. The van der Waals surface area contributed by atoms with Crippen molar-refractivity contribution in [2.24, 2.45) is 5.10 Å². The Morgan fingerprint density at radius 2 is 1.67 bits per heavy atom. The molecule has 2 amide bonds. The van der Waals surface area contributed by atoms with E-state index in [0.717, 1.165) is 23.3 Å². The van der Waals surface area contributed by atoms with Crippen molar-refractivity contribution in [1.29, 1.82) is 0 Å². The van der Waals surface area contributed by atoms with Gasteiger partial charge in [-0.05, 0) is 49.9 Å². The summed E-state index contributed by atoms with van der Waals surface area (Å²) in [5.41, 5.74) is 3.07. The summed E-state index contributed by atoms with van der Waals surface area (Å²) in [7, 11) is 1.24. The monoisotopic (exact) mass is 550 g/mol. The fraction of sp³-hybridized carbons (Fsp3) is 0.192. The lowest BCUT2D eigenvalue weighted by Crippen LogP contribution is -2.33. The summed E-state index contributed by atoms with van der Waals surface area (Å²) >= 11 is 1.23. The lowest BCUT2D eigenvalue weighted by atomic mass is 10.1. The average molecular weight is 551 g/mol. The zero-order valence-corrected chi connectivity index (χ0v) is 21.6. The number of amides is 2. The van der Waals surface area contributed by atoms with E-state index in [0.29, 0.717) is 12.0 Å². The quantitative estimate of drug-likeness (QED) is 0.112. The Labute approximate surface area is 225 Å². The Balaban J connectivity index is 1.47. The number of thiophene rings is 1. The Morgan fingerprint density at radius 3 is 2.38 bits per heavy atom. The van der Waals surface area contributed by atoms with Gasteiger partial charge >= 0.3 is 23.8 Å². The van der Waals surface area contributed by atoms with Gasteiger partial charge in [0.05, 0.1) is 23.3 Å². The van der Waals surface area contributed by atoms with E-state index < -0.39 is 34.4 Å². The molecule has 12 nitrogen and oxygen atoms in total. The van der Waals surface area contributed by atoms with Crippen molar-refractivity contribution in [2.45, 2.75) is 26.2 Å². The maximum absolute atomic E-state index is 12.7. The summed E-state index contributed by atoms with van der Waals surface area (Å²) in [6.07, 6.45) is 2.35. The number of hydrogen-bond donors (Lipinski definition) is 2. The highest BCUT2D eigenvalue weighted by molar-refractivity contribution is 7.17. The van der Waals surface area contributed by atoms with E-state index in [-0.39, 0.29) is 27.6 Å². The smallest absolute Gasteiger partial charge is 0.350 e. The normalized spacial score (nSPS) is 12.3. The van der Waals surface area contributed by atoms with Gasteiger partial charge in [0.15, 0.2) is 0 Å². The molecule has 13 heteroatoms. The summed E-state index contributed by atoms with van der Waals surface area (Å²) in [5.74, 6) is -3.63. The van der Waals surface area contributed by atoms with E-state index >= 15 is 0 Å². The summed E-state index contributed by atoms with van der Waals surface area (Å²) < 4.78 is 10.2. The predicted molar refractivity (Wildman–Crippen MR) is 141 cm³/mol. The predicted octanol–water partition coefficient (Wildman–Crippen LogP) is 3.63. The first kappa shape index (κ1) is 27.1. The van der Waals surface area contributed by atoms with Crippen LogP contribution in [0.4, 0.5) is 10.7 Å². The van der Waals surface area contributed by atoms with Crippen LogP contribution in [0.2, 0.25) is 0 Å². The maximum atomic E-state index is 12.7. The van der Waals surface area contributed by atoms with Gasteiger partial charge in [0.1, 0.15) is 16.3 Å². The van der Waals surface area contributed by atoms with Crippen molar-refractivity contribution in [3.05, 3.63) is 85.8 Å². The number of hydrogen-bond acceptors (Lipinski definition) is 10. The van der Waals surface area contributed by atoms with E-state index in [1.54, 1.807) is 18.2 Å². The zero-order valence-electron chi connectivity index (χ0n) is 20.8. The number of aryl methyl sites for hydroxylation is 1. The van der Waals surface area contributed by atoms with Gasteiger partial charge in [-0.3, -0.25) is 19.7 Å². The minimum absolute atomic E-state index is 0.0384. The number of carbonyl (C=O) groups excluding carboxylic acids is 4. The summed E-state index contributed by atoms with van der Waals surface area (Å²) in [6, 6.07) is 11.6. The third-order valence-corrected chi connectivity index (χ3v) is 7.08. The van der Waals surface area contributed by atoms with E-state index in [2.05, 4.69) is 15.8 Å². The second-order valence-corrected chi connectivity index (χ2v) is 9.41. The second-order valence-electron chi connectivity index (χ2n) is 8.31. The van der Waals surface area contributed by atoms with Gasteiger partial charge in [-0.2, -0.15) is 5.10 Å². The van der Waals surface area contributed by atoms with Crippen LogP contribution in [0.1, 0.15) is 50.1 Å². The molecule has 0 fully saturated rings. The molecule has 2 N–H and O–H groups in total. The molecule has 1 aliphatic rings. The van der Waals surface area contributed by atoms with Crippen molar-refractivity contribution in [3.63, 3.8) is 0 Å². The molecule has 0 radical (unpaired) electrons. The summed E-state index contributed by atoms with van der Waals surface area (Å²) in [6.45, 7) is 1.51. The number of nitro benzene ring substituents is 1. The minimum atomic E-state index is -1.09. The SMILES string of the molecule is COC(=O)c1c(NC(=O)C(=O)N/N=C(\C)c2ccccc2OC(=O)c2ccccc2[N+](=O)[O-])sc2c1CCC2. The molecular weight excluding hydrogens is 528 g/mol. The molecule has 1 aliphatic carbocycles. The molecule has 39 heavy (non-hydrogen) atoms. The van der Waals surface area contributed by atoms with Crippen LogP contribution in [0.25, 0.3) is 0 Å². The number of ether oxygens (including phenoxy) is 2. The lowest BCUT2D eigenvalue weighted by molar-refractivity contribution is -0.385. The van der Waals surface area contributed by atoms with Crippen molar-refractivity contribution in [2.75, 3.05) is 12.4 Å². The highest BCUT2D eigenvalue weighted by Crippen LogP contribution is 2.39. The number of rotatable bonds is 7. The van der Waals surface area contributed by atoms with Gasteiger partial charge in [-0.1, -0.05) is 24.3 Å². The van der Waals surface area contributed by atoms with E-state index in [9.17, 15) is 29.3 Å². The Bertz CT molecular complexity index is 1530. The van der Waals surface area contributed by atoms with Gasteiger partial charge in [0.2, 0.25) is 0 Å². The third kappa shape index (κ3) is 5.83. The number of nitrogens with zero attached hydrogens (tertiary/aromatic N) is 2. The van der Waals surface area contributed by atoms with Crippen molar-refractivity contribution >= 4 is 51.5 Å². The number of nitrogens with one attached hydrogen (secondary N) is 2. The number of carbonyl (C=O) groups is 4. The van der Waals surface area contributed by atoms with Crippen LogP contribution >= 0.6 is 11.3 Å². The molecule has 4 rings (SSSR count). The van der Waals surface area contributed by atoms with Gasteiger partial charge in [-0.15, -0.1) is 11.3 Å². The molecule has 3 aromatic rings. The van der Waals surface area contributed by atoms with Crippen LogP contribution in [0, 0.1) is 10.1 Å². The largest absolute Gasteiger partial charge is 0.465 e. The Hall–Kier alpha value is -4.91. The number of esters is 2. The molecule has 1 aromatic heterocycles. The van der Waals surface area contributed by atoms with Crippen molar-refractivity contribution < 1.29 is 33.6 Å². The molecule has 0 aliphatic heterocycles. The number of methoxy groups -OCH3 is 1. The van der Waals surface area contributed by atoms with Gasteiger partial charge < -0.3 is 14.8 Å². The van der Waals surface area contributed by atoms with Gasteiger partial charge in [-0.25, -0.2) is 15.0 Å². The molecule has 0 unspecified atom stereocenters. The van der Waals surface area contributed by atoms with Gasteiger partial charge in [0.25, 0.3) is 5.69 Å². The molecule has 0 saturated carbocycles. The van der Waals surface area contributed by atoms with Crippen LogP contribution in [0.15, 0.2) is 53.6 Å². The maximum Gasteiger partial charge on any atom is 0.350 e. The number of nitro groups is 1. The van der Waals surface area contributed by atoms with Crippen LogP contribution in [0.3, 0.4) is 0 Å². The second kappa shape index (κ2) is 11.6. The van der Waals surface area contributed by atoms with E-state index in [1.165, 1.54) is 55.7 Å². The fourth-order valence-electron chi connectivity index (χ4n) is 4.03. The molecule has 0 spiro atoms. The van der Waals surface area contributed by atoms with Crippen LogP contribution in [0.5, 0.6) is 5.75 Å². The van der Waals surface area contributed by atoms with Crippen LogP contribution in [-0.2, 0) is 27.2 Å². The molecule has 1 heterocycles. The van der Waals surface area contributed by atoms with E-state index in [4.69, 9.17) is 9.47 Å². The first-order valence-electron chi connectivity index (χ1n) is 11.6. The molecule has 200 valence electrons. The zero-order chi connectivity index (χ0) is 28.1. The molecule has 2 aromatic carbocycles. The molecule has 0 bridgehead atoms. The molecular formula is C26H22N4O8S. The standard InChI is InChI=1S/C26H22N4O8S/c1-14(15-8-4-6-12-19(15)38-25(33)16-9-3-5-11-18(16)30(35)36)28-29-23(32)22(31)27-24-21(26(34)37-2)17-10-7-13-20(17)39-24/h3-6,8-9,11-12H,7,10,13H2,1-2H3,(H,27,31)(H,29,32)/b28-14+. The summed E-state index contributed by atoms with van der Waals surface area (Å²) in [5, 5.41) is 17.9. The van der Waals surface area contributed by atoms with Crippen LogP contribution < -0.4 is 15.5 Å². The number of para-hydroxylation sites is 2. The fourth-order valence-corrected chi connectivity index (χ4v) is 5.30. The molecule has 0 saturated heterocycles. The van der Waals surface area contributed by atoms with Gasteiger partial charge in [0, 0.05) is 16.5 Å². The van der Waals surface area contributed by atoms with Crippen LogP contribution in [-0.4, -0.2) is 41.5 Å². The number of hydrazone groups is 1. The number of fused-ring (bicyclic) bond motifs is 1. The Morgan fingerprint density at radius 1 is 0.974 bits per heavy atom. The minimum Gasteiger partial charge on any atom is -0.465 e. The average Bonchev–Trinajstić information content (AvgIpc) is 3.52. The first-order valence-corrected chi connectivity index (χ1v) is 12.5. The molecule has 0 atom stereocenters. The van der Waals surface area contributed by atoms with Crippen molar-refractivity contribution in [3.8, 4) is 5.75 Å². The van der Waals surface area contributed by atoms with E-state index in [1.807, 2.05) is 0 Å². The topological polar surface area (TPSA) is 166 Å². The lowest BCUT2D eigenvalue weighted by Gasteiger charge is -2.10. The third-order valence-electron chi connectivity index (χ3n) is 5.87. The highest BCUT2D eigenvalue weighted by atomic mass is 32.1.